The van der Waals surface area contributed by atoms with E-state index in [9.17, 15) is 19.4 Å². The summed E-state index contributed by atoms with van der Waals surface area (Å²) in [5, 5.41) is 18.3. The van der Waals surface area contributed by atoms with E-state index in [-0.39, 0.29) is 19.6 Å². The number of aliphatic hydroxyl groups is 2. The summed E-state index contributed by atoms with van der Waals surface area (Å²) in [5.41, 5.74) is 0. The van der Waals surface area contributed by atoms with Crippen molar-refractivity contribution >= 4 is 13.8 Å². The minimum atomic E-state index is -4.53. The first-order chi connectivity index (χ1) is 26.8. The van der Waals surface area contributed by atoms with E-state index in [1.807, 2.05) is 0 Å². The Hall–Kier alpha value is -1.58. The average molecular weight is 799 g/mol. The maximum Gasteiger partial charge on any atom is 0.472 e. The molecule has 10 heteroatoms. The fourth-order valence-electron chi connectivity index (χ4n) is 5.93. The summed E-state index contributed by atoms with van der Waals surface area (Å²) in [6, 6.07) is 0. The molecule has 0 aliphatic rings. The molecule has 0 saturated heterocycles. The number of hydrogen-bond acceptors (Lipinski definition) is 8. The van der Waals surface area contributed by atoms with Gasteiger partial charge in [-0.25, -0.2) is 4.57 Å². The monoisotopic (exact) mass is 799 g/mol. The van der Waals surface area contributed by atoms with E-state index in [1.165, 1.54) is 96.3 Å². The van der Waals surface area contributed by atoms with E-state index in [1.54, 1.807) is 0 Å². The lowest BCUT2D eigenvalue weighted by molar-refractivity contribution is -0.154. The molecule has 0 fully saturated rings. The smallest absolute Gasteiger partial charge is 0.457 e. The topological polar surface area (TPSA) is 132 Å². The van der Waals surface area contributed by atoms with E-state index in [0.29, 0.717) is 6.61 Å². The van der Waals surface area contributed by atoms with E-state index < -0.39 is 39.2 Å². The number of ether oxygens (including phenoxy) is 2. The molecular formula is C45H83O9P. The second kappa shape index (κ2) is 42.0. The van der Waals surface area contributed by atoms with Gasteiger partial charge in [0, 0.05) is 13.0 Å². The summed E-state index contributed by atoms with van der Waals surface area (Å²) in [4.78, 5) is 22.6. The van der Waals surface area contributed by atoms with Crippen LogP contribution in [0.4, 0.5) is 0 Å². The average Bonchev–Trinajstić information content (AvgIpc) is 3.18. The van der Waals surface area contributed by atoms with Gasteiger partial charge in [0.1, 0.15) is 12.2 Å². The van der Waals surface area contributed by atoms with E-state index >= 15 is 0 Å². The Morgan fingerprint density at radius 1 is 0.582 bits per heavy atom. The Bertz CT molecular complexity index is 997. The molecule has 0 aliphatic heterocycles. The molecule has 55 heavy (non-hydrogen) atoms. The predicted octanol–water partition coefficient (Wildman–Crippen LogP) is 12.2. The highest BCUT2D eigenvalue weighted by atomic mass is 31.2. The number of carbonyl (C=O) groups excluding carboxylic acids is 1. The van der Waals surface area contributed by atoms with Crippen molar-refractivity contribution < 1.29 is 43.0 Å². The quantitative estimate of drug-likeness (QED) is 0.0239. The number of esters is 1. The standard InChI is InChI=1S/C45H83O9P/c1-3-5-7-9-11-13-15-17-19-21-22-23-25-27-29-31-33-35-37-45(48)54-44(42-53-55(49,50)52-40-43(47)39-46)41-51-38-36-34-32-30-28-26-24-20-18-16-14-12-10-8-6-4-2/h6,8,12,14,18,20,26,28,43-44,46-47H,3-5,7,9-11,13,15-17,19,21-25,27,29-42H2,1-2H3,(H,49,50)/b8-6-,14-12-,20-18-,28-26-. The maximum absolute atomic E-state index is 12.6. The van der Waals surface area contributed by atoms with Gasteiger partial charge in [-0.05, 0) is 51.4 Å². The Labute approximate surface area is 337 Å². The number of allylic oxidation sites excluding steroid dienone is 8. The van der Waals surface area contributed by atoms with Crippen LogP contribution in [0.3, 0.4) is 0 Å². The molecule has 3 atom stereocenters. The van der Waals surface area contributed by atoms with Gasteiger partial charge < -0.3 is 24.6 Å². The molecule has 0 spiro atoms. The number of carbonyl (C=O) groups is 1. The molecule has 0 heterocycles. The van der Waals surface area contributed by atoms with E-state index in [4.69, 9.17) is 23.6 Å². The Balaban J connectivity index is 4.19. The van der Waals surface area contributed by atoms with Crippen molar-refractivity contribution in [3.63, 3.8) is 0 Å². The molecular weight excluding hydrogens is 715 g/mol. The van der Waals surface area contributed by atoms with Crippen LogP contribution in [0, 0.1) is 0 Å². The minimum absolute atomic E-state index is 0.0288. The second-order valence-electron chi connectivity index (χ2n) is 14.7. The first-order valence-electron chi connectivity index (χ1n) is 22.1. The number of unbranched alkanes of at least 4 members (excludes halogenated alkanes) is 20. The first-order valence-corrected chi connectivity index (χ1v) is 23.6. The molecule has 0 saturated carbocycles. The normalized spacial score (nSPS) is 14.5. The van der Waals surface area contributed by atoms with Crippen LogP contribution in [0.5, 0.6) is 0 Å². The van der Waals surface area contributed by atoms with Crippen molar-refractivity contribution in [2.24, 2.45) is 0 Å². The highest BCUT2D eigenvalue weighted by molar-refractivity contribution is 7.47. The molecule has 0 aromatic carbocycles. The zero-order valence-electron chi connectivity index (χ0n) is 35.1. The second-order valence-corrected chi connectivity index (χ2v) is 16.1. The van der Waals surface area contributed by atoms with Gasteiger partial charge in [0.2, 0.25) is 0 Å². The van der Waals surface area contributed by atoms with Gasteiger partial charge in [0.25, 0.3) is 0 Å². The third-order valence-corrected chi connectivity index (χ3v) is 10.2. The van der Waals surface area contributed by atoms with Crippen molar-refractivity contribution in [3.8, 4) is 0 Å². The van der Waals surface area contributed by atoms with Crippen molar-refractivity contribution in [1.82, 2.24) is 0 Å². The lowest BCUT2D eigenvalue weighted by Crippen LogP contribution is -2.29. The maximum atomic E-state index is 12.6. The van der Waals surface area contributed by atoms with Crippen LogP contribution in [-0.4, -0.2) is 66.3 Å². The van der Waals surface area contributed by atoms with Gasteiger partial charge in [-0.15, -0.1) is 0 Å². The minimum Gasteiger partial charge on any atom is -0.457 e. The lowest BCUT2D eigenvalue weighted by Gasteiger charge is -2.20. The van der Waals surface area contributed by atoms with Crippen LogP contribution in [0.15, 0.2) is 48.6 Å². The molecule has 0 aromatic rings. The van der Waals surface area contributed by atoms with Gasteiger partial charge in [-0.2, -0.15) is 0 Å². The van der Waals surface area contributed by atoms with Gasteiger partial charge in [0.05, 0.1) is 26.4 Å². The first kappa shape index (κ1) is 53.4. The number of aliphatic hydroxyl groups excluding tert-OH is 2. The largest absolute Gasteiger partial charge is 0.472 e. The molecule has 0 bridgehead atoms. The molecule has 322 valence electrons. The molecule has 0 radical (unpaired) electrons. The zero-order chi connectivity index (χ0) is 40.3. The number of hydrogen-bond donors (Lipinski definition) is 3. The summed E-state index contributed by atoms with van der Waals surface area (Å²) < 4.78 is 33.3. The van der Waals surface area contributed by atoms with Gasteiger partial charge in [-0.3, -0.25) is 13.8 Å². The third-order valence-electron chi connectivity index (χ3n) is 9.28. The van der Waals surface area contributed by atoms with Crippen molar-refractivity contribution in [3.05, 3.63) is 48.6 Å². The van der Waals surface area contributed by atoms with Crippen molar-refractivity contribution in [2.75, 3.05) is 33.0 Å². The zero-order valence-corrected chi connectivity index (χ0v) is 36.0. The van der Waals surface area contributed by atoms with Crippen LogP contribution >= 0.6 is 7.82 Å². The molecule has 3 N–H and O–H groups in total. The summed E-state index contributed by atoms with van der Waals surface area (Å²) >= 11 is 0. The van der Waals surface area contributed by atoms with Gasteiger partial charge >= 0.3 is 13.8 Å². The highest BCUT2D eigenvalue weighted by Crippen LogP contribution is 2.43. The Morgan fingerprint density at radius 3 is 1.55 bits per heavy atom. The highest BCUT2D eigenvalue weighted by Gasteiger charge is 2.26. The number of phosphoric acid groups is 1. The van der Waals surface area contributed by atoms with Crippen molar-refractivity contribution in [2.45, 2.75) is 199 Å². The third kappa shape index (κ3) is 41.9. The summed E-state index contributed by atoms with van der Waals surface area (Å²) in [6.45, 7) is 3.34. The van der Waals surface area contributed by atoms with E-state index in [2.05, 4.69) is 62.5 Å². The lowest BCUT2D eigenvalue weighted by atomic mass is 10.0. The van der Waals surface area contributed by atoms with Crippen LogP contribution < -0.4 is 0 Å². The summed E-state index contributed by atoms with van der Waals surface area (Å²) in [6.07, 6.45) is 46.4. The van der Waals surface area contributed by atoms with E-state index in [0.717, 1.165) is 70.6 Å². The molecule has 3 unspecified atom stereocenters. The van der Waals surface area contributed by atoms with Gasteiger partial charge in [0.15, 0.2) is 0 Å². The fourth-order valence-corrected chi connectivity index (χ4v) is 6.72. The van der Waals surface area contributed by atoms with Crippen LogP contribution in [0.1, 0.15) is 187 Å². The van der Waals surface area contributed by atoms with Crippen LogP contribution in [-0.2, 0) is 27.9 Å². The number of phosphoric ester groups is 1. The van der Waals surface area contributed by atoms with Crippen molar-refractivity contribution in [1.29, 1.82) is 0 Å². The molecule has 0 rings (SSSR count). The Kier molecular flexibility index (Phi) is 40.8. The molecule has 0 amide bonds. The fraction of sp³-hybridized carbons (Fsp3) is 0.800. The van der Waals surface area contributed by atoms with Crippen LogP contribution in [0.2, 0.25) is 0 Å². The summed E-state index contributed by atoms with van der Waals surface area (Å²) in [7, 11) is -4.53. The molecule has 9 nitrogen and oxygen atoms in total. The molecule has 0 aliphatic carbocycles. The predicted molar refractivity (Wildman–Crippen MR) is 228 cm³/mol. The Morgan fingerprint density at radius 2 is 1.04 bits per heavy atom. The number of rotatable bonds is 42. The van der Waals surface area contributed by atoms with Crippen LogP contribution in [0.25, 0.3) is 0 Å². The summed E-state index contributed by atoms with van der Waals surface area (Å²) in [5.74, 6) is -0.393. The molecule has 0 aromatic heterocycles. The SMILES string of the molecule is CC/C=C\C/C=C\C/C=C\C/C=C\CCCCCOCC(COP(=O)(O)OCC(O)CO)OC(=O)CCCCCCCCCCCCCCCCCCCC. The van der Waals surface area contributed by atoms with Gasteiger partial charge in [-0.1, -0.05) is 178 Å².